The van der Waals surface area contributed by atoms with Crippen molar-refractivity contribution in [1.29, 1.82) is 0 Å². The van der Waals surface area contributed by atoms with E-state index >= 15 is 0 Å². The van der Waals surface area contributed by atoms with E-state index in [9.17, 15) is 10.2 Å². The molecule has 8 aliphatic carbocycles. The molecule has 0 spiro atoms. The van der Waals surface area contributed by atoms with E-state index in [0.717, 1.165) is 93.1 Å². The molecule has 63 heavy (non-hydrogen) atoms. The Morgan fingerprint density at radius 2 is 0.810 bits per heavy atom. The van der Waals surface area contributed by atoms with E-state index in [-0.39, 0.29) is 21.7 Å². The number of benzene rings is 4. The summed E-state index contributed by atoms with van der Waals surface area (Å²) in [4.78, 5) is 5.62. The lowest BCUT2D eigenvalue weighted by Crippen LogP contribution is -2.48. The molecule has 2 N–H and O–H groups in total. The average molecular weight is 838 g/mol. The van der Waals surface area contributed by atoms with Crippen LogP contribution in [0.2, 0.25) is 0 Å². The first-order chi connectivity index (χ1) is 30.1. The van der Waals surface area contributed by atoms with E-state index in [2.05, 4.69) is 133 Å². The molecule has 0 amide bonds. The molecule has 8 aliphatic rings. The highest BCUT2D eigenvalue weighted by atomic mass is 16.3. The van der Waals surface area contributed by atoms with Gasteiger partial charge in [-0.05, 0) is 193 Å². The molecule has 4 aromatic carbocycles. The monoisotopic (exact) mass is 838 g/mol. The zero-order valence-electron chi connectivity index (χ0n) is 39.3. The maximum absolute atomic E-state index is 12.7. The predicted octanol–water partition coefficient (Wildman–Crippen LogP) is 15.6. The number of phenolic OH excluding ortho intramolecular Hbond substituents is 2. The quantitative estimate of drug-likeness (QED) is 0.164. The highest BCUT2D eigenvalue weighted by molar-refractivity contribution is 5.89. The SMILES string of the molecule is CCCc1cc(-c2ccccc2-c2cc(C(C)(C)C)cc(C34CC5CC(CC(C5)C3)C4)c2O)nc(-c2ccccc2-c2cc(C(C)(C)C)cc(C34CC5CC(CC(C5)C3)C4)c2O)c1. The standard InChI is InChI=1S/C60H71NO2/c1-8-13-36-24-53(47-16-11-9-14-45(47)49-26-43(57(2,3)4)28-51(55(49)62)59-30-37-18-38(31-59)20-39(19-37)32-59)61-54(25-36)48-17-12-10-15-46(48)50-27-44(58(5,6)7)29-52(56(50)63)60-33-40-21-41(34-60)23-42(22-40)35-60/h9-12,14-17,24-29,37-42,62-63H,8,13,18-23,30-35H2,1-7H3. The normalized spacial score (nSPS) is 29.4. The largest absolute Gasteiger partial charge is 0.507 e. The van der Waals surface area contributed by atoms with Gasteiger partial charge >= 0.3 is 0 Å². The number of hydrogen-bond acceptors (Lipinski definition) is 3. The molecule has 5 aromatic rings. The molecule has 0 atom stereocenters. The third-order valence-corrected chi connectivity index (χ3v) is 17.6. The number of aromatic hydroxyl groups is 2. The van der Waals surface area contributed by atoms with Crippen LogP contribution in [0.3, 0.4) is 0 Å². The summed E-state index contributed by atoms with van der Waals surface area (Å²) >= 11 is 0. The van der Waals surface area contributed by atoms with Crippen molar-refractivity contribution in [3.05, 3.63) is 113 Å². The summed E-state index contributed by atoms with van der Waals surface area (Å²) in [5.41, 5.74) is 14.1. The van der Waals surface area contributed by atoms with Crippen molar-refractivity contribution >= 4 is 0 Å². The molecule has 1 aromatic heterocycles. The van der Waals surface area contributed by atoms with Crippen LogP contribution in [0, 0.1) is 35.5 Å². The lowest BCUT2D eigenvalue weighted by Gasteiger charge is -2.57. The number of aryl methyl sites for hydroxylation is 1. The molecule has 8 bridgehead atoms. The van der Waals surface area contributed by atoms with Crippen LogP contribution in [0.1, 0.15) is 160 Å². The van der Waals surface area contributed by atoms with Crippen LogP contribution in [0.5, 0.6) is 11.5 Å². The van der Waals surface area contributed by atoms with Crippen LogP contribution in [0.25, 0.3) is 44.8 Å². The van der Waals surface area contributed by atoms with Crippen LogP contribution < -0.4 is 0 Å². The Bertz CT molecular complexity index is 2350. The minimum atomic E-state index is -0.0734. The maximum atomic E-state index is 12.7. The van der Waals surface area contributed by atoms with Gasteiger partial charge in [-0.3, -0.25) is 0 Å². The fourth-order valence-corrected chi connectivity index (χ4v) is 15.4. The smallest absolute Gasteiger partial charge is 0.127 e. The molecule has 0 unspecified atom stereocenters. The Balaban J connectivity index is 1.06. The molecule has 0 saturated heterocycles. The van der Waals surface area contributed by atoms with E-state index < -0.39 is 0 Å². The molecule has 13 rings (SSSR count). The van der Waals surface area contributed by atoms with Crippen LogP contribution in [0.15, 0.2) is 84.9 Å². The van der Waals surface area contributed by atoms with Crippen LogP contribution >= 0.6 is 0 Å². The van der Waals surface area contributed by atoms with Crippen LogP contribution in [0.4, 0.5) is 0 Å². The van der Waals surface area contributed by atoms with Gasteiger partial charge in [0.05, 0.1) is 11.4 Å². The van der Waals surface area contributed by atoms with E-state index in [1.807, 2.05) is 0 Å². The number of nitrogens with zero attached hydrogens (tertiary/aromatic N) is 1. The number of phenols is 2. The van der Waals surface area contributed by atoms with Crippen molar-refractivity contribution in [3.8, 4) is 56.3 Å². The Labute approximate surface area is 378 Å². The van der Waals surface area contributed by atoms with Gasteiger partial charge in [0, 0.05) is 33.4 Å². The third-order valence-electron chi connectivity index (χ3n) is 17.6. The van der Waals surface area contributed by atoms with Gasteiger partial charge in [0.1, 0.15) is 11.5 Å². The summed E-state index contributed by atoms with van der Waals surface area (Å²) in [6, 6.07) is 31.4. The first-order valence-corrected chi connectivity index (χ1v) is 25.0. The number of hydrogen-bond donors (Lipinski definition) is 2. The van der Waals surface area contributed by atoms with Crippen molar-refractivity contribution in [2.24, 2.45) is 35.5 Å². The fraction of sp³-hybridized carbons (Fsp3) is 0.517. The third kappa shape index (κ3) is 7.09. The highest BCUT2D eigenvalue weighted by Crippen LogP contribution is 2.64. The van der Waals surface area contributed by atoms with Crippen molar-refractivity contribution in [1.82, 2.24) is 4.98 Å². The second kappa shape index (κ2) is 14.8. The predicted molar refractivity (Wildman–Crippen MR) is 260 cm³/mol. The number of aromatic nitrogens is 1. The summed E-state index contributed by atoms with van der Waals surface area (Å²) in [5.74, 6) is 5.71. The average Bonchev–Trinajstić information content (AvgIpc) is 3.22. The van der Waals surface area contributed by atoms with Gasteiger partial charge in [0.25, 0.3) is 0 Å². The molecular weight excluding hydrogens is 767 g/mol. The molecule has 3 nitrogen and oxygen atoms in total. The zero-order valence-corrected chi connectivity index (χ0v) is 39.3. The molecular formula is C60H71NO2. The number of pyridine rings is 1. The van der Waals surface area contributed by atoms with Gasteiger partial charge in [0.15, 0.2) is 0 Å². The van der Waals surface area contributed by atoms with Crippen LogP contribution in [-0.4, -0.2) is 15.2 Å². The minimum absolute atomic E-state index is 0.0609. The Morgan fingerprint density at radius 3 is 1.13 bits per heavy atom. The molecule has 0 radical (unpaired) electrons. The van der Waals surface area contributed by atoms with E-state index in [0.29, 0.717) is 11.5 Å². The zero-order chi connectivity index (χ0) is 43.6. The molecule has 328 valence electrons. The Kier molecular flexibility index (Phi) is 9.73. The first kappa shape index (κ1) is 41.3. The van der Waals surface area contributed by atoms with Gasteiger partial charge in [0.2, 0.25) is 0 Å². The van der Waals surface area contributed by atoms with Crippen LogP contribution in [-0.2, 0) is 28.1 Å². The topological polar surface area (TPSA) is 53.4 Å². The van der Waals surface area contributed by atoms with Gasteiger partial charge in [-0.1, -0.05) is 116 Å². The Hall–Kier alpha value is -4.37. The molecule has 8 saturated carbocycles. The molecule has 0 aliphatic heterocycles. The van der Waals surface area contributed by atoms with Crippen molar-refractivity contribution < 1.29 is 10.2 Å². The summed E-state index contributed by atoms with van der Waals surface area (Å²) in [6.45, 7) is 16.2. The molecule has 1 heterocycles. The van der Waals surface area contributed by atoms with Crippen molar-refractivity contribution in [2.45, 2.75) is 160 Å². The van der Waals surface area contributed by atoms with E-state index in [1.165, 1.54) is 105 Å². The Morgan fingerprint density at radius 1 is 0.476 bits per heavy atom. The fourth-order valence-electron chi connectivity index (χ4n) is 15.4. The van der Waals surface area contributed by atoms with Gasteiger partial charge in [-0.15, -0.1) is 0 Å². The lowest BCUT2D eigenvalue weighted by atomic mass is 9.47. The summed E-state index contributed by atoms with van der Waals surface area (Å²) in [6.07, 6.45) is 17.5. The molecule has 3 heteroatoms. The summed E-state index contributed by atoms with van der Waals surface area (Å²) in [5, 5.41) is 25.5. The van der Waals surface area contributed by atoms with Crippen molar-refractivity contribution in [3.63, 3.8) is 0 Å². The lowest BCUT2D eigenvalue weighted by molar-refractivity contribution is -0.00631. The van der Waals surface area contributed by atoms with Crippen molar-refractivity contribution in [2.75, 3.05) is 0 Å². The highest BCUT2D eigenvalue weighted by Gasteiger charge is 2.54. The van der Waals surface area contributed by atoms with Gasteiger partial charge in [-0.25, -0.2) is 4.98 Å². The second-order valence-electron chi connectivity index (χ2n) is 24.3. The molecule has 8 fully saturated rings. The summed E-state index contributed by atoms with van der Waals surface area (Å²) < 4.78 is 0. The maximum Gasteiger partial charge on any atom is 0.127 e. The van der Waals surface area contributed by atoms with Gasteiger partial charge in [-0.2, -0.15) is 0 Å². The van der Waals surface area contributed by atoms with Gasteiger partial charge < -0.3 is 10.2 Å². The minimum Gasteiger partial charge on any atom is -0.507 e. The van der Waals surface area contributed by atoms with E-state index in [4.69, 9.17) is 4.98 Å². The number of rotatable bonds is 8. The first-order valence-electron chi connectivity index (χ1n) is 25.0. The summed E-state index contributed by atoms with van der Waals surface area (Å²) in [7, 11) is 0. The van der Waals surface area contributed by atoms with E-state index in [1.54, 1.807) is 0 Å². The second-order valence-corrected chi connectivity index (χ2v) is 24.3.